The number of aryl methyl sites for hydroxylation is 1. The molecular weight excluding hydrogens is 284 g/mol. The summed E-state index contributed by atoms with van der Waals surface area (Å²) in [7, 11) is 1.80. The lowest BCUT2D eigenvalue weighted by Crippen LogP contribution is -2.40. The third-order valence-corrected chi connectivity index (χ3v) is 4.47. The van der Waals surface area contributed by atoms with Crippen molar-refractivity contribution in [1.82, 2.24) is 14.3 Å². The molecule has 2 heterocycles. The Morgan fingerprint density at radius 2 is 2.24 bits per heavy atom. The Hall–Kier alpha value is -1.53. The average Bonchev–Trinajstić information content (AvgIpc) is 2.87. The number of nitrogens with two attached hydrogens (primary N) is 1. The van der Waals surface area contributed by atoms with Gasteiger partial charge >= 0.3 is 0 Å². The zero-order valence-corrected chi connectivity index (χ0v) is 13.6. The first-order valence-electron chi connectivity index (χ1n) is 6.99. The molecule has 0 aliphatic rings. The lowest BCUT2D eigenvalue weighted by Gasteiger charge is -2.23. The SMILES string of the molecule is Cc1ccc2nc(CSCC(=O)N(C)C(C)CN)cn2c1. The van der Waals surface area contributed by atoms with Crippen molar-refractivity contribution < 1.29 is 4.79 Å². The van der Waals surface area contributed by atoms with E-state index < -0.39 is 0 Å². The second kappa shape index (κ2) is 6.95. The third kappa shape index (κ3) is 3.98. The van der Waals surface area contributed by atoms with E-state index in [2.05, 4.69) is 18.1 Å². The summed E-state index contributed by atoms with van der Waals surface area (Å²) in [5.41, 5.74) is 8.71. The summed E-state index contributed by atoms with van der Waals surface area (Å²) in [4.78, 5) is 18.2. The first-order valence-corrected chi connectivity index (χ1v) is 8.14. The van der Waals surface area contributed by atoms with E-state index >= 15 is 0 Å². The van der Waals surface area contributed by atoms with E-state index in [0.29, 0.717) is 12.3 Å². The van der Waals surface area contributed by atoms with E-state index in [9.17, 15) is 4.79 Å². The Morgan fingerprint density at radius 3 is 2.95 bits per heavy atom. The van der Waals surface area contributed by atoms with Crippen molar-refractivity contribution in [2.24, 2.45) is 5.73 Å². The predicted octanol–water partition coefficient (Wildman–Crippen LogP) is 1.68. The minimum absolute atomic E-state index is 0.0799. The maximum Gasteiger partial charge on any atom is 0.232 e. The number of carbonyl (C=O) groups excluding carboxylic acids is 1. The normalized spacial score (nSPS) is 12.6. The van der Waals surface area contributed by atoms with E-state index in [1.807, 2.05) is 29.7 Å². The fraction of sp³-hybridized carbons (Fsp3) is 0.467. The Morgan fingerprint density at radius 1 is 1.48 bits per heavy atom. The molecule has 0 fully saturated rings. The van der Waals surface area contributed by atoms with E-state index in [4.69, 9.17) is 5.73 Å². The molecule has 0 saturated heterocycles. The fourth-order valence-electron chi connectivity index (χ4n) is 1.97. The molecule has 114 valence electrons. The molecule has 5 nitrogen and oxygen atoms in total. The molecule has 2 aromatic heterocycles. The number of amides is 1. The highest BCUT2D eigenvalue weighted by Gasteiger charge is 2.14. The quantitative estimate of drug-likeness (QED) is 0.882. The van der Waals surface area contributed by atoms with Gasteiger partial charge in [0.1, 0.15) is 5.65 Å². The van der Waals surface area contributed by atoms with Crippen LogP contribution in [0.1, 0.15) is 18.2 Å². The first-order chi connectivity index (χ1) is 10.0. The number of nitrogens with zero attached hydrogens (tertiary/aromatic N) is 3. The van der Waals surface area contributed by atoms with Gasteiger partial charge in [0.15, 0.2) is 0 Å². The summed E-state index contributed by atoms with van der Waals surface area (Å²) in [6.07, 6.45) is 4.07. The summed E-state index contributed by atoms with van der Waals surface area (Å²) in [5, 5.41) is 0. The number of imidazole rings is 1. The number of hydrogen-bond donors (Lipinski definition) is 1. The van der Waals surface area contributed by atoms with E-state index in [-0.39, 0.29) is 11.9 Å². The summed E-state index contributed by atoms with van der Waals surface area (Å²) >= 11 is 1.58. The van der Waals surface area contributed by atoms with Crippen molar-refractivity contribution in [2.75, 3.05) is 19.3 Å². The molecule has 21 heavy (non-hydrogen) atoms. The van der Waals surface area contributed by atoms with E-state index in [1.165, 1.54) is 5.56 Å². The number of thioether (sulfide) groups is 1. The molecule has 6 heteroatoms. The van der Waals surface area contributed by atoms with Gasteiger partial charge in [-0.15, -0.1) is 11.8 Å². The Balaban J connectivity index is 1.89. The molecule has 0 aliphatic carbocycles. The van der Waals surface area contributed by atoms with Crippen LogP contribution in [0.4, 0.5) is 0 Å². The molecule has 0 aromatic carbocycles. The molecule has 2 aromatic rings. The van der Waals surface area contributed by atoms with Crippen molar-refractivity contribution >= 4 is 23.3 Å². The molecule has 0 saturated carbocycles. The molecule has 0 radical (unpaired) electrons. The van der Waals surface area contributed by atoms with Crippen LogP contribution in [0.3, 0.4) is 0 Å². The largest absolute Gasteiger partial charge is 0.341 e. The summed E-state index contributed by atoms with van der Waals surface area (Å²) in [6, 6.07) is 4.13. The van der Waals surface area contributed by atoms with Gasteiger partial charge in [0.25, 0.3) is 0 Å². The minimum atomic E-state index is 0.0799. The number of fused-ring (bicyclic) bond motifs is 1. The van der Waals surface area contributed by atoms with Crippen molar-refractivity contribution in [3.63, 3.8) is 0 Å². The van der Waals surface area contributed by atoms with Crippen LogP contribution in [0.15, 0.2) is 24.5 Å². The van der Waals surface area contributed by atoms with E-state index in [0.717, 1.165) is 17.1 Å². The summed E-state index contributed by atoms with van der Waals surface area (Å²) < 4.78 is 2.02. The third-order valence-electron chi connectivity index (χ3n) is 3.52. The lowest BCUT2D eigenvalue weighted by atomic mass is 10.3. The van der Waals surface area contributed by atoms with Gasteiger partial charge in [-0.2, -0.15) is 0 Å². The van der Waals surface area contributed by atoms with Gasteiger partial charge in [-0.25, -0.2) is 4.98 Å². The maximum atomic E-state index is 12.0. The minimum Gasteiger partial charge on any atom is -0.341 e. The van der Waals surface area contributed by atoms with Gasteiger partial charge < -0.3 is 15.0 Å². The van der Waals surface area contributed by atoms with Gasteiger partial charge in [0, 0.05) is 37.8 Å². The molecule has 2 rings (SSSR count). The number of carbonyl (C=O) groups is 1. The van der Waals surface area contributed by atoms with Gasteiger partial charge in [-0.05, 0) is 25.5 Å². The predicted molar refractivity (Wildman–Crippen MR) is 87.4 cm³/mol. The fourth-order valence-corrected chi connectivity index (χ4v) is 2.80. The van der Waals surface area contributed by atoms with Crippen LogP contribution in [-0.4, -0.2) is 45.6 Å². The Labute approximate surface area is 129 Å². The van der Waals surface area contributed by atoms with Crippen molar-refractivity contribution in [2.45, 2.75) is 25.6 Å². The number of aromatic nitrogens is 2. The van der Waals surface area contributed by atoms with Crippen LogP contribution in [0.5, 0.6) is 0 Å². The molecule has 2 N–H and O–H groups in total. The number of likely N-dealkylation sites (N-methyl/N-ethyl adjacent to an activating group) is 1. The van der Waals surface area contributed by atoms with Crippen molar-refractivity contribution in [3.05, 3.63) is 35.8 Å². The molecular formula is C15H22N4OS. The highest BCUT2D eigenvalue weighted by Crippen LogP contribution is 2.14. The van der Waals surface area contributed by atoms with Crippen LogP contribution in [-0.2, 0) is 10.5 Å². The number of rotatable bonds is 6. The second-order valence-electron chi connectivity index (χ2n) is 5.29. The van der Waals surface area contributed by atoms with Crippen LogP contribution < -0.4 is 5.73 Å². The molecule has 1 atom stereocenters. The molecule has 1 amide bonds. The second-order valence-corrected chi connectivity index (χ2v) is 6.27. The lowest BCUT2D eigenvalue weighted by molar-refractivity contribution is -0.128. The highest BCUT2D eigenvalue weighted by atomic mass is 32.2. The van der Waals surface area contributed by atoms with Crippen molar-refractivity contribution in [3.8, 4) is 0 Å². The standard InChI is InChI=1S/C15H22N4OS/c1-11-4-5-14-17-13(8-19(14)7-11)9-21-10-15(20)18(3)12(2)6-16/h4-5,7-8,12H,6,9-10,16H2,1-3H3. The van der Waals surface area contributed by atoms with Crippen LogP contribution in [0, 0.1) is 6.92 Å². The van der Waals surface area contributed by atoms with Crippen LogP contribution >= 0.6 is 11.8 Å². The molecule has 1 unspecified atom stereocenters. The highest BCUT2D eigenvalue weighted by molar-refractivity contribution is 7.99. The van der Waals surface area contributed by atoms with Gasteiger partial charge in [-0.3, -0.25) is 4.79 Å². The maximum absolute atomic E-state index is 12.0. The zero-order valence-electron chi connectivity index (χ0n) is 12.7. The van der Waals surface area contributed by atoms with Gasteiger partial charge in [0.2, 0.25) is 5.91 Å². The van der Waals surface area contributed by atoms with E-state index in [1.54, 1.807) is 23.7 Å². The summed E-state index contributed by atoms with van der Waals surface area (Å²) in [5.74, 6) is 1.29. The number of pyridine rings is 1. The van der Waals surface area contributed by atoms with Crippen LogP contribution in [0.2, 0.25) is 0 Å². The molecule has 0 aliphatic heterocycles. The first kappa shape index (κ1) is 15.9. The Bertz CT molecular complexity index is 625. The topological polar surface area (TPSA) is 63.6 Å². The average molecular weight is 306 g/mol. The number of hydrogen-bond acceptors (Lipinski definition) is 4. The monoisotopic (exact) mass is 306 g/mol. The molecule has 0 bridgehead atoms. The Kier molecular flexibility index (Phi) is 5.25. The smallest absolute Gasteiger partial charge is 0.232 e. The van der Waals surface area contributed by atoms with Crippen molar-refractivity contribution in [1.29, 1.82) is 0 Å². The van der Waals surface area contributed by atoms with Gasteiger partial charge in [-0.1, -0.05) is 6.07 Å². The zero-order chi connectivity index (χ0) is 15.4. The molecule has 0 spiro atoms. The van der Waals surface area contributed by atoms with Crippen LogP contribution in [0.25, 0.3) is 5.65 Å². The summed E-state index contributed by atoms with van der Waals surface area (Å²) in [6.45, 7) is 4.49. The van der Waals surface area contributed by atoms with Gasteiger partial charge in [0.05, 0.1) is 11.4 Å².